The zero-order chi connectivity index (χ0) is 22.3. The lowest BCUT2D eigenvalue weighted by atomic mass is 9.99. The van der Waals surface area contributed by atoms with Crippen LogP contribution >= 0.6 is 0 Å². The molecule has 3 heterocycles. The fraction of sp³-hybridized carbons (Fsp3) is 0.190. The second-order valence-electron chi connectivity index (χ2n) is 7.55. The number of hydrogen-bond acceptors (Lipinski definition) is 8. The third kappa shape index (κ3) is 3.46. The second-order valence-corrected chi connectivity index (χ2v) is 9.41. The Balaban J connectivity index is 1.54. The quantitative estimate of drug-likeness (QED) is 0.363. The summed E-state index contributed by atoms with van der Waals surface area (Å²) < 4.78 is 28.8. The summed E-state index contributed by atoms with van der Waals surface area (Å²) in [7, 11) is -2.04. The molecule has 11 heteroatoms. The maximum Gasteiger partial charge on any atom is 0.264 e. The number of aromatic nitrogens is 4. The monoisotopic (exact) mass is 450 g/mol. The number of fused-ring (bicyclic) bond motifs is 2. The van der Waals surface area contributed by atoms with Crippen LogP contribution in [0.2, 0.25) is 0 Å². The van der Waals surface area contributed by atoms with Gasteiger partial charge >= 0.3 is 0 Å². The minimum atomic E-state index is -3.80. The summed E-state index contributed by atoms with van der Waals surface area (Å²) in [4.78, 5) is 8.67. The number of hydrogen-bond donors (Lipinski definition) is 4. The molecule has 4 aromatic rings. The highest BCUT2D eigenvalue weighted by Crippen LogP contribution is 2.34. The summed E-state index contributed by atoms with van der Waals surface area (Å²) in [6, 6.07) is 14.1. The number of anilines is 4. The van der Waals surface area contributed by atoms with Crippen molar-refractivity contribution in [3.8, 4) is 0 Å². The molecule has 164 valence electrons. The van der Waals surface area contributed by atoms with Crippen LogP contribution in [0.4, 0.5) is 23.1 Å². The van der Waals surface area contributed by atoms with Crippen molar-refractivity contribution in [3.63, 3.8) is 0 Å². The Labute approximate surface area is 184 Å². The van der Waals surface area contributed by atoms with E-state index in [-0.39, 0.29) is 23.4 Å². The van der Waals surface area contributed by atoms with Crippen molar-refractivity contribution in [2.75, 3.05) is 34.3 Å². The van der Waals surface area contributed by atoms with Crippen molar-refractivity contribution in [2.24, 2.45) is 0 Å². The zero-order valence-electron chi connectivity index (χ0n) is 17.3. The maximum absolute atomic E-state index is 13.7. The number of sulfonamides is 1. The first kappa shape index (κ1) is 20.1. The lowest BCUT2D eigenvalue weighted by Gasteiger charge is -2.36. The Morgan fingerprint density at radius 3 is 2.84 bits per heavy atom. The van der Waals surface area contributed by atoms with Gasteiger partial charge in [0.2, 0.25) is 5.95 Å². The van der Waals surface area contributed by atoms with E-state index < -0.39 is 10.0 Å². The van der Waals surface area contributed by atoms with Crippen LogP contribution in [-0.2, 0) is 16.4 Å². The molecule has 1 unspecified atom stereocenters. The average Bonchev–Trinajstić information content (AvgIpc) is 3.27. The highest BCUT2D eigenvalue weighted by molar-refractivity contribution is 7.92. The SMILES string of the molecule is CNc1cccc(S(=O)(=O)N2CC(Nc3nc(N)nc4[nH]ncc34)Cc3ccccc32)c1. The van der Waals surface area contributed by atoms with E-state index in [2.05, 4.69) is 30.8 Å². The molecule has 0 aliphatic carbocycles. The van der Waals surface area contributed by atoms with Crippen LogP contribution in [0.5, 0.6) is 0 Å². The molecule has 0 fully saturated rings. The number of para-hydroxylation sites is 1. The van der Waals surface area contributed by atoms with E-state index in [1.807, 2.05) is 30.3 Å². The summed E-state index contributed by atoms with van der Waals surface area (Å²) in [6.07, 6.45) is 2.24. The first-order valence-electron chi connectivity index (χ1n) is 10.1. The highest BCUT2D eigenvalue weighted by atomic mass is 32.2. The lowest BCUT2D eigenvalue weighted by molar-refractivity contribution is 0.581. The Hall–Kier alpha value is -3.86. The predicted octanol–water partition coefficient (Wildman–Crippen LogP) is 2.21. The topological polar surface area (TPSA) is 142 Å². The first-order chi connectivity index (χ1) is 15.5. The van der Waals surface area contributed by atoms with Gasteiger partial charge in [-0.3, -0.25) is 9.40 Å². The van der Waals surface area contributed by atoms with Gasteiger partial charge in [-0.1, -0.05) is 24.3 Å². The van der Waals surface area contributed by atoms with E-state index in [1.165, 1.54) is 4.31 Å². The van der Waals surface area contributed by atoms with Gasteiger partial charge in [-0.15, -0.1) is 0 Å². The van der Waals surface area contributed by atoms with Gasteiger partial charge in [-0.2, -0.15) is 15.1 Å². The van der Waals surface area contributed by atoms with E-state index in [0.29, 0.717) is 29.0 Å². The molecule has 1 aliphatic heterocycles. The van der Waals surface area contributed by atoms with Crippen molar-refractivity contribution in [2.45, 2.75) is 17.4 Å². The van der Waals surface area contributed by atoms with Crippen LogP contribution in [-0.4, -0.2) is 48.2 Å². The van der Waals surface area contributed by atoms with E-state index in [0.717, 1.165) is 11.3 Å². The van der Waals surface area contributed by atoms with Crippen molar-refractivity contribution < 1.29 is 8.42 Å². The number of nitrogens with zero attached hydrogens (tertiary/aromatic N) is 4. The number of rotatable bonds is 5. The zero-order valence-corrected chi connectivity index (χ0v) is 18.1. The fourth-order valence-corrected chi connectivity index (χ4v) is 5.57. The highest BCUT2D eigenvalue weighted by Gasteiger charge is 2.33. The first-order valence-corrected chi connectivity index (χ1v) is 11.5. The Bertz CT molecular complexity index is 1400. The summed E-state index contributed by atoms with van der Waals surface area (Å²) in [5.41, 5.74) is 8.69. The van der Waals surface area contributed by atoms with Crippen LogP contribution < -0.4 is 20.7 Å². The Morgan fingerprint density at radius 1 is 1.16 bits per heavy atom. The fourth-order valence-electron chi connectivity index (χ4n) is 3.97. The standard InChI is InChI=1S/C21H22N8O2S/c1-23-14-6-4-7-16(10-14)32(30,31)29-12-15(9-13-5-2-3-8-18(13)29)25-19-17-11-24-28-20(17)27-21(22)26-19/h2-8,10-11,15,23H,9,12H2,1H3,(H4,22,24,25,26,27,28). The van der Waals surface area contributed by atoms with Crippen molar-refractivity contribution in [1.82, 2.24) is 20.2 Å². The summed E-state index contributed by atoms with van der Waals surface area (Å²) >= 11 is 0. The minimum absolute atomic E-state index is 0.105. The molecule has 0 bridgehead atoms. The van der Waals surface area contributed by atoms with Gasteiger partial charge in [-0.25, -0.2) is 8.42 Å². The largest absolute Gasteiger partial charge is 0.388 e. The molecule has 0 amide bonds. The minimum Gasteiger partial charge on any atom is -0.388 e. The summed E-state index contributed by atoms with van der Waals surface area (Å²) in [5, 5.41) is 13.8. The van der Waals surface area contributed by atoms with Crippen molar-refractivity contribution in [3.05, 3.63) is 60.3 Å². The van der Waals surface area contributed by atoms with E-state index >= 15 is 0 Å². The Kier molecular flexibility index (Phi) is 4.82. The Morgan fingerprint density at radius 2 is 2.00 bits per heavy atom. The predicted molar refractivity (Wildman–Crippen MR) is 124 cm³/mol. The van der Waals surface area contributed by atoms with Gasteiger partial charge in [0.25, 0.3) is 10.0 Å². The molecule has 0 spiro atoms. The second kappa shape index (κ2) is 7.68. The summed E-state index contributed by atoms with van der Waals surface area (Å²) in [6.45, 7) is 0.229. The normalized spacial score (nSPS) is 16.0. The van der Waals surface area contributed by atoms with Crippen LogP contribution in [0, 0.1) is 0 Å². The van der Waals surface area contributed by atoms with Crippen LogP contribution in [0.15, 0.2) is 59.6 Å². The number of nitrogen functional groups attached to an aromatic ring is 1. The molecule has 2 aromatic heterocycles. The van der Waals surface area contributed by atoms with Gasteiger partial charge in [0.05, 0.1) is 34.8 Å². The third-order valence-electron chi connectivity index (χ3n) is 5.49. The average molecular weight is 451 g/mol. The number of H-pyrrole nitrogens is 1. The number of aromatic amines is 1. The third-order valence-corrected chi connectivity index (χ3v) is 7.27. The van der Waals surface area contributed by atoms with E-state index in [4.69, 9.17) is 5.73 Å². The molecular formula is C21H22N8O2S. The number of benzene rings is 2. The van der Waals surface area contributed by atoms with E-state index in [9.17, 15) is 8.42 Å². The van der Waals surface area contributed by atoms with Crippen molar-refractivity contribution >= 4 is 44.2 Å². The molecule has 32 heavy (non-hydrogen) atoms. The van der Waals surface area contributed by atoms with Crippen LogP contribution in [0.25, 0.3) is 11.0 Å². The lowest BCUT2D eigenvalue weighted by Crippen LogP contribution is -2.45. The molecule has 10 nitrogen and oxygen atoms in total. The molecule has 5 N–H and O–H groups in total. The maximum atomic E-state index is 13.7. The number of nitrogens with one attached hydrogen (secondary N) is 3. The molecule has 1 aliphatic rings. The molecule has 0 radical (unpaired) electrons. The molecule has 2 aromatic carbocycles. The van der Waals surface area contributed by atoms with Crippen LogP contribution in [0.3, 0.4) is 0 Å². The summed E-state index contributed by atoms with van der Waals surface area (Å²) in [5.74, 6) is 0.619. The molecular weight excluding hydrogens is 428 g/mol. The van der Waals surface area contributed by atoms with E-state index in [1.54, 1.807) is 31.4 Å². The van der Waals surface area contributed by atoms with Gasteiger partial charge < -0.3 is 16.4 Å². The molecule has 5 rings (SSSR count). The number of nitrogens with two attached hydrogens (primary N) is 1. The van der Waals surface area contributed by atoms with Gasteiger partial charge in [0.1, 0.15) is 5.82 Å². The van der Waals surface area contributed by atoms with Gasteiger partial charge in [0.15, 0.2) is 5.65 Å². The van der Waals surface area contributed by atoms with Crippen LogP contribution in [0.1, 0.15) is 5.56 Å². The molecule has 1 atom stereocenters. The molecule has 0 saturated heterocycles. The van der Waals surface area contributed by atoms with Crippen molar-refractivity contribution in [1.29, 1.82) is 0 Å². The van der Waals surface area contributed by atoms with Gasteiger partial charge in [-0.05, 0) is 36.2 Å². The smallest absolute Gasteiger partial charge is 0.264 e. The van der Waals surface area contributed by atoms with Gasteiger partial charge in [0, 0.05) is 12.7 Å². The molecule has 0 saturated carbocycles.